The van der Waals surface area contributed by atoms with Crippen LogP contribution in [0.3, 0.4) is 0 Å². The van der Waals surface area contributed by atoms with E-state index in [1.54, 1.807) is 0 Å². The molecule has 7 heteroatoms. The average molecular weight is 226 g/mol. The van der Waals surface area contributed by atoms with Crippen LogP contribution >= 0.6 is 0 Å². The van der Waals surface area contributed by atoms with Crippen LogP contribution in [0.25, 0.3) is 0 Å². The fourth-order valence-corrected chi connectivity index (χ4v) is 1.19. The van der Waals surface area contributed by atoms with Crippen molar-refractivity contribution in [3.63, 3.8) is 0 Å². The maximum Gasteiger partial charge on any atom is 0.337 e. The Bertz CT molecular complexity index is 454. The number of benzene rings is 1. The number of phenolic OH excluding ortho intramolecular Hbond substituents is 1. The highest BCUT2D eigenvalue weighted by molar-refractivity contribution is 6.09. The molecule has 4 N–H and O–H groups in total. The molecule has 0 amide bonds. The highest BCUT2D eigenvalue weighted by atomic mass is 16.4. The van der Waals surface area contributed by atoms with Crippen molar-refractivity contribution in [2.75, 3.05) is 0 Å². The molecule has 0 unspecified atom stereocenters. The van der Waals surface area contributed by atoms with Gasteiger partial charge < -0.3 is 20.4 Å². The van der Waals surface area contributed by atoms with Gasteiger partial charge in [-0.3, -0.25) is 0 Å². The average Bonchev–Trinajstić information content (AvgIpc) is 2.15. The van der Waals surface area contributed by atoms with Gasteiger partial charge in [-0.15, -0.1) is 0 Å². The Morgan fingerprint density at radius 3 is 1.44 bits per heavy atom. The van der Waals surface area contributed by atoms with Crippen LogP contribution in [-0.2, 0) is 0 Å². The number of hydrogen-bond acceptors (Lipinski definition) is 4. The Morgan fingerprint density at radius 1 is 0.812 bits per heavy atom. The van der Waals surface area contributed by atoms with E-state index in [0.29, 0.717) is 12.1 Å². The van der Waals surface area contributed by atoms with Gasteiger partial charge in [-0.25, -0.2) is 14.4 Å². The van der Waals surface area contributed by atoms with E-state index in [-0.39, 0.29) is 0 Å². The smallest absolute Gasteiger partial charge is 0.337 e. The first-order chi connectivity index (χ1) is 7.34. The fraction of sp³-hybridized carbons (Fsp3) is 0. The molecule has 84 valence electrons. The van der Waals surface area contributed by atoms with Crippen molar-refractivity contribution < 1.29 is 34.8 Å². The van der Waals surface area contributed by atoms with Crippen LogP contribution < -0.4 is 0 Å². The summed E-state index contributed by atoms with van der Waals surface area (Å²) in [6, 6.07) is 1.36. The lowest BCUT2D eigenvalue weighted by Gasteiger charge is -2.06. The summed E-state index contributed by atoms with van der Waals surface area (Å²) >= 11 is 0. The van der Waals surface area contributed by atoms with Gasteiger partial charge in [-0.1, -0.05) is 0 Å². The second kappa shape index (κ2) is 3.89. The maximum atomic E-state index is 10.8. The lowest BCUT2D eigenvalue weighted by Crippen LogP contribution is -2.14. The molecule has 0 saturated carbocycles. The number of carboxylic acid groups (broad SMARTS) is 3. The molecule has 1 aromatic rings. The third kappa shape index (κ3) is 1.92. The molecule has 0 bridgehead atoms. The molecule has 0 heterocycles. The van der Waals surface area contributed by atoms with Crippen molar-refractivity contribution in [2.24, 2.45) is 0 Å². The third-order valence-electron chi connectivity index (χ3n) is 1.80. The van der Waals surface area contributed by atoms with Gasteiger partial charge in [-0.05, 0) is 12.1 Å². The minimum absolute atomic E-state index is 0.625. The Kier molecular flexibility index (Phi) is 2.80. The van der Waals surface area contributed by atoms with Crippen LogP contribution in [0.2, 0.25) is 0 Å². The van der Waals surface area contributed by atoms with Crippen LogP contribution in [0.15, 0.2) is 12.1 Å². The molecule has 0 radical (unpaired) electrons. The monoisotopic (exact) mass is 226 g/mol. The van der Waals surface area contributed by atoms with E-state index in [0.717, 1.165) is 0 Å². The minimum atomic E-state index is -1.69. The fourth-order valence-electron chi connectivity index (χ4n) is 1.19. The van der Waals surface area contributed by atoms with Gasteiger partial charge >= 0.3 is 17.9 Å². The summed E-state index contributed by atoms with van der Waals surface area (Å²) in [6.07, 6.45) is 0. The van der Waals surface area contributed by atoms with Crippen LogP contribution in [0.5, 0.6) is 5.75 Å². The first-order valence-corrected chi connectivity index (χ1v) is 3.91. The normalized spacial score (nSPS) is 9.75. The lowest BCUT2D eigenvalue weighted by atomic mass is 10.0. The summed E-state index contributed by atoms with van der Waals surface area (Å²) in [5.74, 6) is -5.57. The van der Waals surface area contributed by atoms with Crippen molar-refractivity contribution in [3.8, 4) is 5.75 Å². The quantitative estimate of drug-likeness (QED) is 0.589. The van der Waals surface area contributed by atoms with Gasteiger partial charge in [0.05, 0.1) is 16.7 Å². The summed E-state index contributed by atoms with van der Waals surface area (Å²) in [4.78, 5) is 32.1. The summed E-state index contributed by atoms with van der Waals surface area (Å²) < 4.78 is 0. The molecule has 7 nitrogen and oxygen atoms in total. The molecule has 0 aliphatic rings. The summed E-state index contributed by atoms with van der Waals surface area (Å²) in [5, 5.41) is 35.2. The predicted octanol–water partition coefficient (Wildman–Crippen LogP) is 0.487. The van der Waals surface area contributed by atoms with Gasteiger partial charge in [0.2, 0.25) is 0 Å². The summed E-state index contributed by atoms with van der Waals surface area (Å²) in [7, 11) is 0. The van der Waals surface area contributed by atoms with Crippen LogP contribution in [0.1, 0.15) is 31.1 Å². The second-order valence-corrected chi connectivity index (χ2v) is 2.83. The Balaban J connectivity index is 3.67. The maximum absolute atomic E-state index is 10.8. The summed E-state index contributed by atoms with van der Waals surface area (Å²) in [5.41, 5.74) is -2.41. The second-order valence-electron chi connectivity index (χ2n) is 2.83. The first-order valence-electron chi connectivity index (χ1n) is 3.91. The molecule has 0 aliphatic carbocycles. The van der Waals surface area contributed by atoms with Crippen LogP contribution in [-0.4, -0.2) is 38.3 Å². The largest absolute Gasteiger partial charge is 0.508 e. The van der Waals surface area contributed by atoms with Crippen LogP contribution in [0.4, 0.5) is 0 Å². The van der Waals surface area contributed by atoms with Crippen molar-refractivity contribution in [3.05, 3.63) is 28.8 Å². The molecule has 0 saturated heterocycles. The van der Waals surface area contributed by atoms with E-state index < -0.39 is 40.3 Å². The Hall–Kier alpha value is -2.57. The van der Waals surface area contributed by atoms with E-state index in [4.69, 9.17) is 20.4 Å². The zero-order chi connectivity index (χ0) is 12.5. The molecule has 0 fully saturated rings. The van der Waals surface area contributed by atoms with Crippen molar-refractivity contribution in [1.29, 1.82) is 0 Å². The van der Waals surface area contributed by atoms with E-state index in [2.05, 4.69) is 0 Å². The van der Waals surface area contributed by atoms with Gasteiger partial charge in [0, 0.05) is 0 Å². The number of hydrogen-bond donors (Lipinski definition) is 4. The molecule has 1 rings (SSSR count). The molecule has 1 aromatic carbocycles. The third-order valence-corrected chi connectivity index (χ3v) is 1.80. The topological polar surface area (TPSA) is 132 Å². The van der Waals surface area contributed by atoms with Crippen molar-refractivity contribution >= 4 is 17.9 Å². The zero-order valence-electron chi connectivity index (χ0n) is 7.67. The summed E-state index contributed by atoms with van der Waals surface area (Å²) in [6.45, 7) is 0. The first kappa shape index (κ1) is 11.5. The molecular formula is C9H6O7. The highest BCUT2D eigenvalue weighted by Crippen LogP contribution is 2.22. The van der Waals surface area contributed by atoms with Crippen molar-refractivity contribution in [1.82, 2.24) is 0 Å². The number of rotatable bonds is 3. The Labute approximate surface area is 88.2 Å². The molecule has 0 atom stereocenters. The van der Waals surface area contributed by atoms with Gasteiger partial charge in [0.25, 0.3) is 0 Å². The molecule has 0 aromatic heterocycles. The van der Waals surface area contributed by atoms with Crippen molar-refractivity contribution in [2.45, 2.75) is 0 Å². The molecular weight excluding hydrogens is 220 g/mol. The minimum Gasteiger partial charge on any atom is -0.508 e. The number of carboxylic acids is 3. The van der Waals surface area contributed by atoms with Gasteiger partial charge in [0.1, 0.15) is 5.75 Å². The standard InChI is InChI=1S/C9H6O7/c10-3-1-4(7(11)12)6(9(15)16)5(2-3)8(13)14/h1-2,10H,(H,11,12)(H,13,14)(H,15,16). The Morgan fingerprint density at radius 2 is 1.19 bits per heavy atom. The number of aromatic hydroxyl groups is 1. The van der Waals surface area contributed by atoms with E-state index in [1.807, 2.05) is 0 Å². The SMILES string of the molecule is O=C(O)c1cc(O)cc(C(=O)O)c1C(=O)O. The van der Waals surface area contributed by atoms with Gasteiger partial charge in [-0.2, -0.15) is 0 Å². The number of aromatic carboxylic acids is 3. The van der Waals surface area contributed by atoms with E-state index >= 15 is 0 Å². The molecule has 0 aliphatic heterocycles. The predicted molar refractivity (Wildman–Crippen MR) is 49.0 cm³/mol. The van der Waals surface area contributed by atoms with Gasteiger partial charge in [0.15, 0.2) is 0 Å². The highest BCUT2D eigenvalue weighted by Gasteiger charge is 2.24. The number of phenols is 1. The van der Waals surface area contributed by atoms with E-state index in [1.165, 1.54) is 0 Å². The lowest BCUT2D eigenvalue weighted by molar-refractivity contribution is 0.0632. The van der Waals surface area contributed by atoms with Crippen LogP contribution in [0, 0.1) is 0 Å². The molecule has 0 spiro atoms. The van der Waals surface area contributed by atoms with E-state index in [9.17, 15) is 14.4 Å². The number of carbonyl (C=O) groups is 3. The molecule has 16 heavy (non-hydrogen) atoms. The zero-order valence-corrected chi connectivity index (χ0v) is 7.67.